The Balaban J connectivity index is 2.10. The molecule has 0 radical (unpaired) electrons. The van der Waals surface area contributed by atoms with E-state index in [0.717, 1.165) is 24.2 Å². The van der Waals surface area contributed by atoms with Gasteiger partial charge in [-0.3, -0.25) is 4.79 Å². The number of aromatic nitrogens is 2. The van der Waals surface area contributed by atoms with Crippen LogP contribution >= 0.6 is 0 Å². The van der Waals surface area contributed by atoms with E-state index in [-0.39, 0.29) is 11.9 Å². The minimum atomic E-state index is -0.0640. The van der Waals surface area contributed by atoms with Crippen LogP contribution in [-0.4, -0.2) is 28.7 Å². The summed E-state index contributed by atoms with van der Waals surface area (Å²) in [6, 6.07) is 1.88. The number of aryl methyl sites for hydroxylation is 2. The third-order valence-corrected chi connectivity index (χ3v) is 4.36. The van der Waals surface area contributed by atoms with Gasteiger partial charge in [0.05, 0.1) is 17.0 Å². The summed E-state index contributed by atoms with van der Waals surface area (Å²) in [6.07, 6.45) is 6.81. The number of nitrogens with two attached hydrogens (primary N) is 1. The molecular weight excluding hydrogens is 264 g/mol. The molecule has 0 bridgehead atoms. The molecule has 0 aliphatic heterocycles. The highest BCUT2D eigenvalue weighted by atomic mass is 16.1. The molecule has 1 amide bonds. The van der Waals surface area contributed by atoms with Crippen LogP contribution in [-0.2, 0) is 6.42 Å². The summed E-state index contributed by atoms with van der Waals surface area (Å²) in [5.74, 6) is 0.444. The van der Waals surface area contributed by atoms with E-state index < -0.39 is 0 Å². The van der Waals surface area contributed by atoms with E-state index in [9.17, 15) is 4.79 Å². The summed E-state index contributed by atoms with van der Waals surface area (Å²) in [7, 11) is 0. The Labute approximate surface area is 126 Å². The molecule has 1 aromatic heterocycles. The Morgan fingerprint density at radius 3 is 2.71 bits per heavy atom. The van der Waals surface area contributed by atoms with E-state index in [1.807, 2.05) is 19.9 Å². The van der Waals surface area contributed by atoms with Crippen molar-refractivity contribution in [3.8, 4) is 0 Å². The summed E-state index contributed by atoms with van der Waals surface area (Å²) >= 11 is 0. The zero-order valence-electron chi connectivity index (χ0n) is 13.1. The lowest BCUT2D eigenvalue weighted by atomic mass is 9.84. The van der Waals surface area contributed by atoms with Crippen molar-refractivity contribution in [2.45, 2.75) is 58.4 Å². The van der Waals surface area contributed by atoms with Gasteiger partial charge in [0, 0.05) is 12.6 Å². The van der Waals surface area contributed by atoms with E-state index >= 15 is 0 Å². The van der Waals surface area contributed by atoms with Gasteiger partial charge in [0.15, 0.2) is 0 Å². The number of carbonyl (C=O) groups is 1. The predicted molar refractivity (Wildman–Crippen MR) is 83.0 cm³/mol. The topological polar surface area (TPSA) is 80.9 Å². The van der Waals surface area contributed by atoms with Crippen molar-refractivity contribution in [1.29, 1.82) is 0 Å². The van der Waals surface area contributed by atoms with Crippen molar-refractivity contribution in [1.82, 2.24) is 15.5 Å². The van der Waals surface area contributed by atoms with Crippen LogP contribution in [0, 0.1) is 12.8 Å². The molecule has 0 saturated heterocycles. The predicted octanol–water partition coefficient (Wildman–Crippen LogP) is 1.98. The maximum absolute atomic E-state index is 12.6. The fourth-order valence-electron chi connectivity index (χ4n) is 3.12. The zero-order chi connectivity index (χ0) is 15.2. The molecule has 1 aliphatic carbocycles. The molecule has 5 heteroatoms. The molecule has 5 nitrogen and oxygen atoms in total. The number of carbonyl (C=O) groups excluding carboxylic acids is 1. The standard InChI is InChI=1S/C16H26N4O/c1-3-14-13(9-11(2)19-20-14)16(21)18-15(10-17)12-7-5-4-6-8-12/h9,12,15H,3-8,10,17H2,1-2H3,(H,18,21). The SMILES string of the molecule is CCc1nnc(C)cc1C(=O)NC(CN)C1CCCCC1. The molecule has 3 N–H and O–H groups in total. The molecular formula is C16H26N4O. The monoisotopic (exact) mass is 290 g/mol. The first-order valence-electron chi connectivity index (χ1n) is 7.99. The van der Waals surface area contributed by atoms with Gasteiger partial charge in [0.1, 0.15) is 0 Å². The number of hydrogen-bond acceptors (Lipinski definition) is 4. The lowest BCUT2D eigenvalue weighted by Crippen LogP contribution is -2.46. The van der Waals surface area contributed by atoms with Crippen molar-refractivity contribution < 1.29 is 4.79 Å². The molecule has 1 atom stereocenters. The van der Waals surface area contributed by atoms with E-state index in [0.29, 0.717) is 24.4 Å². The maximum atomic E-state index is 12.6. The van der Waals surface area contributed by atoms with Gasteiger partial charge >= 0.3 is 0 Å². The van der Waals surface area contributed by atoms with Gasteiger partial charge in [-0.05, 0) is 38.2 Å². The second kappa shape index (κ2) is 7.50. The fraction of sp³-hybridized carbons (Fsp3) is 0.688. The Morgan fingerprint density at radius 2 is 2.10 bits per heavy atom. The van der Waals surface area contributed by atoms with Gasteiger partial charge in [-0.2, -0.15) is 10.2 Å². The van der Waals surface area contributed by atoms with Crippen LogP contribution in [0.15, 0.2) is 6.07 Å². The second-order valence-corrected chi connectivity index (χ2v) is 5.91. The quantitative estimate of drug-likeness (QED) is 0.869. The summed E-state index contributed by atoms with van der Waals surface area (Å²) < 4.78 is 0. The Bertz CT molecular complexity index is 483. The number of nitrogens with one attached hydrogen (secondary N) is 1. The van der Waals surface area contributed by atoms with E-state index in [4.69, 9.17) is 5.73 Å². The van der Waals surface area contributed by atoms with Crippen LogP contribution in [0.3, 0.4) is 0 Å². The van der Waals surface area contributed by atoms with Gasteiger partial charge in [-0.25, -0.2) is 0 Å². The summed E-state index contributed by atoms with van der Waals surface area (Å²) in [5, 5.41) is 11.3. The first-order chi connectivity index (χ1) is 10.2. The minimum Gasteiger partial charge on any atom is -0.348 e. The van der Waals surface area contributed by atoms with Gasteiger partial charge in [0.2, 0.25) is 0 Å². The molecule has 1 saturated carbocycles. The Kier molecular flexibility index (Phi) is 5.67. The van der Waals surface area contributed by atoms with E-state index in [1.54, 1.807) is 0 Å². The van der Waals surface area contributed by atoms with Crippen LogP contribution in [0.4, 0.5) is 0 Å². The van der Waals surface area contributed by atoms with E-state index in [1.165, 1.54) is 19.3 Å². The van der Waals surface area contributed by atoms with Gasteiger partial charge in [-0.15, -0.1) is 0 Å². The molecule has 2 rings (SSSR count). The molecule has 116 valence electrons. The van der Waals surface area contributed by atoms with Crippen LogP contribution in [0.25, 0.3) is 0 Å². The molecule has 21 heavy (non-hydrogen) atoms. The highest BCUT2D eigenvalue weighted by Gasteiger charge is 2.25. The lowest BCUT2D eigenvalue weighted by Gasteiger charge is -2.30. The summed E-state index contributed by atoms with van der Waals surface area (Å²) in [5.41, 5.74) is 8.04. The highest BCUT2D eigenvalue weighted by Crippen LogP contribution is 2.26. The van der Waals surface area contributed by atoms with Crippen molar-refractivity contribution in [2.24, 2.45) is 11.7 Å². The maximum Gasteiger partial charge on any atom is 0.253 e. The highest BCUT2D eigenvalue weighted by molar-refractivity contribution is 5.95. The summed E-state index contributed by atoms with van der Waals surface area (Å²) in [6.45, 7) is 4.33. The first kappa shape index (κ1) is 15.9. The molecule has 0 aromatic carbocycles. The molecule has 0 spiro atoms. The molecule has 1 heterocycles. The Morgan fingerprint density at radius 1 is 1.38 bits per heavy atom. The van der Waals surface area contributed by atoms with Crippen LogP contribution in [0.2, 0.25) is 0 Å². The first-order valence-corrected chi connectivity index (χ1v) is 7.99. The molecule has 1 fully saturated rings. The second-order valence-electron chi connectivity index (χ2n) is 5.91. The van der Waals surface area contributed by atoms with Gasteiger partial charge in [-0.1, -0.05) is 26.2 Å². The summed E-state index contributed by atoms with van der Waals surface area (Å²) in [4.78, 5) is 12.6. The molecule has 1 unspecified atom stereocenters. The largest absolute Gasteiger partial charge is 0.348 e. The van der Waals surface area contributed by atoms with Gasteiger partial charge in [0.25, 0.3) is 5.91 Å². The average molecular weight is 290 g/mol. The Hall–Kier alpha value is -1.49. The van der Waals surface area contributed by atoms with Crippen molar-refractivity contribution in [2.75, 3.05) is 6.54 Å². The van der Waals surface area contributed by atoms with Crippen LogP contribution < -0.4 is 11.1 Å². The average Bonchev–Trinajstić information content (AvgIpc) is 2.53. The van der Waals surface area contributed by atoms with Gasteiger partial charge < -0.3 is 11.1 Å². The fourth-order valence-corrected chi connectivity index (χ4v) is 3.12. The molecule has 1 aromatic rings. The van der Waals surface area contributed by atoms with Crippen molar-refractivity contribution in [3.05, 3.63) is 23.0 Å². The van der Waals surface area contributed by atoms with Crippen molar-refractivity contribution >= 4 is 5.91 Å². The van der Waals surface area contributed by atoms with E-state index in [2.05, 4.69) is 15.5 Å². The third-order valence-electron chi connectivity index (χ3n) is 4.36. The number of nitrogens with zero attached hydrogens (tertiary/aromatic N) is 2. The normalized spacial score (nSPS) is 17.5. The zero-order valence-corrected chi connectivity index (χ0v) is 13.1. The molecule has 1 aliphatic rings. The minimum absolute atomic E-state index is 0.0640. The number of rotatable bonds is 5. The van der Waals surface area contributed by atoms with Crippen LogP contribution in [0.5, 0.6) is 0 Å². The van der Waals surface area contributed by atoms with Crippen molar-refractivity contribution in [3.63, 3.8) is 0 Å². The number of hydrogen-bond donors (Lipinski definition) is 2. The lowest BCUT2D eigenvalue weighted by molar-refractivity contribution is 0.0913. The smallest absolute Gasteiger partial charge is 0.253 e. The third kappa shape index (κ3) is 4.00. The van der Waals surface area contributed by atoms with Crippen LogP contribution in [0.1, 0.15) is 60.8 Å². The number of amides is 1.